The van der Waals surface area contributed by atoms with Crippen molar-refractivity contribution in [2.45, 2.75) is 69.3 Å². The van der Waals surface area contributed by atoms with E-state index in [0.29, 0.717) is 13.0 Å². The van der Waals surface area contributed by atoms with E-state index in [1.807, 2.05) is 0 Å². The quantitative estimate of drug-likeness (QED) is 0.426. The van der Waals surface area contributed by atoms with Crippen LogP contribution >= 0.6 is 0 Å². The summed E-state index contributed by atoms with van der Waals surface area (Å²) >= 11 is 0. The van der Waals surface area contributed by atoms with E-state index in [1.54, 1.807) is 6.92 Å². The molecule has 2 fully saturated rings. The van der Waals surface area contributed by atoms with Gasteiger partial charge in [-0.2, -0.15) is 0 Å². The molecule has 2 aliphatic heterocycles. The van der Waals surface area contributed by atoms with Crippen molar-refractivity contribution in [2.75, 3.05) is 13.2 Å². The Morgan fingerprint density at radius 2 is 1.91 bits per heavy atom. The Bertz CT molecular complexity index is 402. The summed E-state index contributed by atoms with van der Waals surface area (Å²) in [6, 6.07) is 0. The van der Waals surface area contributed by atoms with E-state index >= 15 is 0 Å². The molecule has 0 bridgehead atoms. The van der Waals surface area contributed by atoms with Crippen LogP contribution in [-0.2, 0) is 23.7 Å². The first-order valence-electron chi connectivity index (χ1n) is 7.60. The second-order valence-corrected chi connectivity index (χ2v) is 5.81. The Morgan fingerprint density at radius 1 is 1.22 bits per heavy atom. The third-order valence-corrected chi connectivity index (χ3v) is 4.07. The van der Waals surface area contributed by atoms with Crippen LogP contribution in [0, 0.1) is 0 Å². The first kappa shape index (κ1) is 18.5. The Kier molecular flexibility index (Phi) is 6.32. The molecule has 0 aliphatic carbocycles. The van der Waals surface area contributed by atoms with Gasteiger partial charge in [0, 0.05) is 13.3 Å². The van der Waals surface area contributed by atoms with Crippen LogP contribution in [-0.4, -0.2) is 88.6 Å². The summed E-state index contributed by atoms with van der Waals surface area (Å²) in [5.74, 6) is -0.466. The molecule has 0 aromatic carbocycles. The molecule has 0 aromatic heterocycles. The van der Waals surface area contributed by atoms with Gasteiger partial charge in [0.05, 0.1) is 19.3 Å². The maximum Gasteiger partial charge on any atom is 0.302 e. The molecule has 0 spiro atoms. The van der Waals surface area contributed by atoms with E-state index in [4.69, 9.17) is 18.9 Å². The molecule has 23 heavy (non-hydrogen) atoms. The van der Waals surface area contributed by atoms with Crippen LogP contribution in [0.25, 0.3) is 0 Å². The van der Waals surface area contributed by atoms with Gasteiger partial charge in [0.15, 0.2) is 6.29 Å². The number of hydrogen-bond acceptors (Lipinski definition) is 9. The average molecular weight is 336 g/mol. The third kappa shape index (κ3) is 4.18. The zero-order valence-corrected chi connectivity index (χ0v) is 13.1. The third-order valence-electron chi connectivity index (χ3n) is 4.07. The molecule has 9 heteroatoms. The number of ether oxygens (including phenoxy) is 4. The highest BCUT2D eigenvalue weighted by atomic mass is 16.7. The van der Waals surface area contributed by atoms with E-state index in [2.05, 4.69) is 0 Å². The molecule has 0 aromatic rings. The predicted molar refractivity (Wildman–Crippen MR) is 74.2 cm³/mol. The summed E-state index contributed by atoms with van der Waals surface area (Å²) in [6.45, 7) is 2.86. The van der Waals surface area contributed by atoms with Crippen LogP contribution in [0.2, 0.25) is 0 Å². The van der Waals surface area contributed by atoms with Crippen molar-refractivity contribution in [3.63, 3.8) is 0 Å². The molecule has 2 rings (SSSR count). The largest absolute Gasteiger partial charge is 0.460 e. The van der Waals surface area contributed by atoms with Gasteiger partial charge in [-0.05, 0) is 6.92 Å². The molecule has 2 aliphatic rings. The van der Waals surface area contributed by atoms with E-state index in [0.717, 1.165) is 0 Å². The zero-order chi connectivity index (χ0) is 17.1. The molecule has 0 amide bonds. The van der Waals surface area contributed by atoms with Gasteiger partial charge in [-0.25, -0.2) is 0 Å². The van der Waals surface area contributed by atoms with E-state index in [9.17, 15) is 25.2 Å². The van der Waals surface area contributed by atoms with Crippen molar-refractivity contribution >= 4 is 5.97 Å². The van der Waals surface area contributed by atoms with Gasteiger partial charge in [-0.1, -0.05) is 0 Å². The Morgan fingerprint density at radius 3 is 2.52 bits per heavy atom. The molecule has 3 unspecified atom stereocenters. The minimum Gasteiger partial charge on any atom is -0.460 e. The predicted octanol–water partition coefficient (Wildman–Crippen LogP) is -2.09. The minimum absolute atomic E-state index is 0.396. The van der Waals surface area contributed by atoms with Crippen LogP contribution < -0.4 is 0 Å². The van der Waals surface area contributed by atoms with Crippen molar-refractivity contribution in [3.05, 3.63) is 0 Å². The van der Waals surface area contributed by atoms with Crippen molar-refractivity contribution in [3.8, 4) is 0 Å². The fourth-order valence-corrected chi connectivity index (χ4v) is 2.80. The number of aliphatic hydroxyl groups is 4. The molecule has 8 atom stereocenters. The summed E-state index contributed by atoms with van der Waals surface area (Å²) in [7, 11) is 0. The molecule has 134 valence electrons. The van der Waals surface area contributed by atoms with Crippen molar-refractivity contribution < 1.29 is 44.2 Å². The maximum atomic E-state index is 11.2. The fourth-order valence-electron chi connectivity index (χ4n) is 2.80. The van der Waals surface area contributed by atoms with Gasteiger partial charge < -0.3 is 39.4 Å². The first-order valence-corrected chi connectivity index (χ1v) is 7.60. The highest BCUT2D eigenvalue weighted by Gasteiger charge is 2.47. The Hall–Kier alpha value is -0.810. The summed E-state index contributed by atoms with van der Waals surface area (Å²) in [6.07, 6.45) is -8.16. The lowest BCUT2D eigenvalue weighted by Gasteiger charge is -2.43. The number of aliphatic hydroxyl groups excluding tert-OH is 4. The second kappa shape index (κ2) is 7.84. The SMILES string of the molecule is CC(=O)OC1CCOC(C)C1O[C@@H]1O[C@H](CO)[C@@H](O)[C@H](O)[C@H]1O. The number of carbonyl (C=O) groups excluding carboxylic acids is 1. The van der Waals surface area contributed by atoms with Gasteiger partial charge in [0.2, 0.25) is 0 Å². The monoisotopic (exact) mass is 336 g/mol. The standard InChI is InChI=1S/C14H24O9/c1-6-13(8(3-4-20-6)21-7(2)16)23-14-12(19)11(18)10(17)9(5-15)22-14/h6,8-15,17-19H,3-5H2,1-2H3/t6?,8?,9-,10-,11+,12-,13?,14+/m1/s1. The highest BCUT2D eigenvalue weighted by Crippen LogP contribution is 2.28. The molecule has 4 N–H and O–H groups in total. The molecule has 2 saturated heterocycles. The molecule has 0 saturated carbocycles. The van der Waals surface area contributed by atoms with Gasteiger partial charge in [0.25, 0.3) is 0 Å². The second-order valence-electron chi connectivity index (χ2n) is 5.81. The minimum atomic E-state index is -1.53. The van der Waals surface area contributed by atoms with Crippen LogP contribution in [0.5, 0.6) is 0 Å². The van der Waals surface area contributed by atoms with Gasteiger partial charge in [-0.3, -0.25) is 4.79 Å². The molecular formula is C14H24O9. The van der Waals surface area contributed by atoms with Gasteiger partial charge in [0.1, 0.15) is 36.6 Å². The van der Waals surface area contributed by atoms with E-state index in [1.165, 1.54) is 6.92 Å². The molecule has 9 nitrogen and oxygen atoms in total. The average Bonchev–Trinajstić information content (AvgIpc) is 2.50. The van der Waals surface area contributed by atoms with E-state index < -0.39 is 61.6 Å². The lowest BCUT2D eigenvalue weighted by molar-refractivity contribution is -0.329. The Labute approximate surface area is 133 Å². The van der Waals surface area contributed by atoms with Crippen LogP contribution in [0.1, 0.15) is 20.3 Å². The van der Waals surface area contributed by atoms with Crippen LogP contribution in [0.15, 0.2) is 0 Å². The van der Waals surface area contributed by atoms with Crippen LogP contribution in [0.4, 0.5) is 0 Å². The summed E-state index contributed by atoms with van der Waals surface area (Å²) < 4.78 is 21.6. The lowest BCUT2D eigenvalue weighted by Crippen LogP contribution is -2.61. The summed E-state index contributed by atoms with van der Waals surface area (Å²) in [5, 5.41) is 38.7. The highest BCUT2D eigenvalue weighted by molar-refractivity contribution is 5.66. The lowest BCUT2D eigenvalue weighted by atomic mass is 9.98. The number of rotatable bonds is 4. The zero-order valence-electron chi connectivity index (χ0n) is 13.1. The topological polar surface area (TPSA) is 135 Å². The fraction of sp³-hybridized carbons (Fsp3) is 0.929. The van der Waals surface area contributed by atoms with E-state index in [-0.39, 0.29) is 0 Å². The smallest absolute Gasteiger partial charge is 0.302 e. The van der Waals surface area contributed by atoms with Crippen molar-refractivity contribution in [1.82, 2.24) is 0 Å². The Balaban J connectivity index is 2.08. The first-order chi connectivity index (χ1) is 10.8. The number of hydrogen-bond donors (Lipinski definition) is 4. The van der Waals surface area contributed by atoms with Crippen molar-refractivity contribution in [2.24, 2.45) is 0 Å². The molecule has 2 heterocycles. The molecular weight excluding hydrogens is 312 g/mol. The summed E-state index contributed by atoms with van der Waals surface area (Å²) in [5.41, 5.74) is 0. The van der Waals surface area contributed by atoms with Gasteiger partial charge in [-0.15, -0.1) is 0 Å². The van der Waals surface area contributed by atoms with Crippen molar-refractivity contribution in [1.29, 1.82) is 0 Å². The van der Waals surface area contributed by atoms with Crippen LogP contribution in [0.3, 0.4) is 0 Å². The summed E-state index contributed by atoms with van der Waals surface area (Å²) in [4.78, 5) is 11.2. The number of esters is 1. The number of carbonyl (C=O) groups is 1. The normalized spacial score (nSPS) is 44.8. The molecule has 0 radical (unpaired) electrons. The van der Waals surface area contributed by atoms with Gasteiger partial charge >= 0.3 is 5.97 Å². The maximum absolute atomic E-state index is 11.2.